The van der Waals surface area contributed by atoms with Crippen molar-refractivity contribution in [2.75, 3.05) is 0 Å². The van der Waals surface area contributed by atoms with Crippen molar-refractivity contribution in [2.24, 2.45) is 5.41 Å². The van der Waals surface area contributed by atoms with Gasteiger partial charge in [0.05, 0.1) is 5.41 Å². The van der Waals surface area contributed by atoms with Gasteiger partial charge in [0.15, 0.2) is 0 Å². The number of rotatable bonds is 4. The molecule has 2 fully saturated rings. The van der Waals surface area contributed by atoms with Gasteiger partial charge in [-0.15, -0.1) is 0 Å². The van der Waals surface area contributed by atoms with Crippen molar-refractivity contribution in [3.05, 3.63) is 35.9 Å². The lowest BCUT2D eigenvalue weighted by atomic mass is 10.0. The molecule has 1 saturated heterocycles. The van der Waals surface area contributed by atoms with Crippen LogP contribution in [0.15, 0.2) is 30.3 Å². The van der Waals surface area contributed by atoms with E-state index in [0.29, 0.717) is 12.8 Å². The fraction of sp³-hybridized carbons (Fsp3) is 0.526. The van der Waals surface area contributed by atoms with Crippen molar-refractivity contribution in [3.63, 3.8) is 0 Å². The van der Waals surface area contributed by atoms with Crippen LogP contribution in [0.2, 0.25) is 0 Å². The number of hydrogen-bond acceptors (Lipinski definition) is 5. The van der Waals surface area contributed by atoms with E-state index in [-0.39, 0.29) is 12.6 Å². The van der Waals surface area contributed by atoms with Crippen LogP contribution in [0.25, 0.3) is 0 Å². The molecule has 2 aliphatic rings. The second kappa shape index (κ2) is 6.17. The number of fused-ring (bicyclic) bond motifs is 1. The third kappa shape index (κ3) is 3.52. The zero-order valence-corrected chi connectivity index (χ0v) is 14.7. The maximum atomic E-state index is 12.5. The first-order valence-corrected chi connectivity index (χ1v) is 8.44. The molecule has 0 N–H and O–H groups in total. The number of piperidine rings is 1. The molecule has 6 heteroatoms. The highest BCUT2D eigenvalue weighted by Crippen LogP contribution is 2.58. The highest BCUT2D eigenvalue weighted by atomic mass is 16.6. The first-order valence-electron chi connectivity index (χ1n) is 8.44. The number of nitrogens with zero attached hydrogens (tertiary/aromatic N) is 1. The second-order valence-corrected chi connectivity index (χ2v) is 7.77. The zero-order chi connectivity index (χ0) is 18.2. The number of hydrogen-bond donors (Lipinski definition) is 0. The summed E-state index contributed by atoms with van der Waals surface area (Å²) in [6.07, 6.45) is 1.17. The molecule has 1 aliphatic heterocycles. The third-order valence-corrected chi connectivity index (χ3v) is 4.66. The summed E-state index contributed by atoms with van der Waals surface area (Å²) in [6.45, 7) is 5.44. The summed E-state index contributed by atoms with van der Waals surface area (Å²) in [6, 6.07) is 8.28. The molecule has 25 heavy (non-hydrogen) atoms. The Bertz CT molecular complexity index is 681. The van der Waals surface area contributed by atoms with Gasteiger partial charge in [0.2, 0.25) is 0 Å². The summed E-state index contributed by atoms with van der Waals surface area (Å²) in [7, 11) is 0. The van der Waals surface area contributed by atoms with E-state index in [4.69, 9.17) is 9.47 Å². The monoisotopic (exact) mass is 345 g/mol. The van der Waals surface area contributed by atoms with E-state index in [0.717, 1.165) is 11.8 Å². The molecule has 1 aromatic rings. The molecule has 0 bridgehead atoms. The van der Waals surface area contributed by atoms with E-state index in [1.807, 2.05) is 30.3 Å². The van der Waals surface area contributed by atoms with Crippen molar-refractivity contribution < 1.29 is 23.9 Å². The Balaban J connectivity index is 1.70. The number of amides is 1. The molecule has 0 spiro atoms. The van der Waals surface area contributed by atoms with Gasteiger partial charge in [-0.2, -0.15) is 0 Å². The molecule has 134 valence electrons. The van der Waals surface area contributed by atoms with Crippen molar-refractivity contribution in [3.8, 4) is 0 Å². The molecule has 1 aromatic carbocycles. The van der Waals surface area contributed by atoms with Gasteiger partial charge in [-0.05, 0) is 39.2 Å². The minimum absolute atomic E-state index is 0.136. The lowest BCUT2D eigenvalue weighted by Gasteiger charge is -2.29. The molecule has 3 atom stereocenters. The second-order valence-electron chi connectivity index (χ2n) is 7.77. The van der Waals surface area contributed by atoms with Crippen LogP contribution in [0.1, 0.15) is 39.2 Å². The molecular weight excluding hydrogens is 322 g/mol. The minimum Gasteiger partial charge on any atom is -0.459 e. The van der Waals surface area contributed by atoms with E-state index in [2.05, 4.69) is 0 Å². The molecule has 0 aromatic heterocycles. The average molecular weight is 345 g/mol. The van der Waals surface area contributed by atoms with Gasteiger partial charge >= 0.3 is 12.1 Å². The Morgan fingerprint density at radius 1 is 1.24 bits per heavy atom. The first kappa shape index (κ1) is 17.5. The van der Waals surface area contributed by atoms with Gasteiger partial charge in [0.1, 0.15) is 24.5 Å². The highest BCUT2D eigenvalue weighted by molar-refractivity contribution is 5.86. The van der Waals surface area contributed by atoms with E-state index < -0.39 is 29.1 Å². The molecule has 6 nitrogen and oxygen atoms in total. The van der Waals surface area contributed by atoms with Gasteiger partial charge in [0, 0.05) is 6.04 Å². The summed E-state index contributed by atoms with van der Waals surface area (Å²) in [5, 5.41) is 0. The maximum absolute atomic E-state index is 12.5. The predicted molar refractivity (Wildman–Crippen MR) is 89.6 cm³/mol. The molecule has 3 rings (SSSR count). The lowest BCUT2D eigenvalue weighted by molar-refractivity contribution is -0.150. The Morgan fingerprint density at radius 2 is 1.92 bits per heavy atom. The van der Waals surface area contributed by atoms with E-state index in [9.17, 15) is 14.4 Å². The van der Waals surface area contributed by atoms with Crippen molar-refractivity contribution in [1.29, 1.82) is 0 Å². The summed E-state index contributed by atoms with van der Waals surface area (Å²) < 4.78 is 10.8. The first-order chi connectivity index (χ1) is 11.8. The Morgan fingerprint density at radius 3 is 2.52 bits per heavy atom. The van der Waals surface area contributed by atoms with Crippen LogP contribution >= 0.6 is 0 Å². The summed E-state index contributed by atoms with van der Waals surface area (Å²) in [4.78, 5) is 37.9. The molecule has 0 radical (unpaired) electrons. The van der Waals surface area contributed by atoms with Crippen LogP contribution in [-0.2, 0) is 25.7 Å². The van der Waals surface area contributed by atoms with Crippen molar-refractivity contribution in [1.82, 2.24) is 4.90 Å². The maximum Gasteiger partial charge on any atom is 0.411 e. The lowest BCUT2D eigenvalue weighted by Crippen LogP contribution is -2.46. The van der Waals surface area contributed by atoms with E-state index >= 15 is 0 Å². The van der Waals surface area contributed by atoms with Crippen molar-refractivity contribution >= 4 is 18.3 Å². The highest BCUT2D eigenvalue weighted by Gasteiger charge is 2.68. The van der Waals surface area contributed by atoms with Crippen LogP contribution in [0.3, 0.4) is 0 Å². The largest absolute Gasteiger partial charge is 0.459 e. The number of benzene rings is 1. The SMILES string of the molecule is CC(C)(C)OC(=O)N1C2C[C@]2(C=O)C[C@H]1C(=O)OCc1ccccc1. The third-order valence-electron chi connectivity index (χ3n) is 4.66. The number of likely N-dealkylation sites (tertiary alicyclic amines) is 1. The molecule has 1 amide bonds. The molecule has 1 aliphatic carbocycles. The Labute approximate surface area is 147 Å². The van der Waals surface area contributed by atoms with Crippen molar-refractivity contribution in [2.45, 2.75) is 57.9 Å². The van der Waals surface area contributed by atoms with Gasteiger partial charge in [-0.25, -0.2) is 9.59 Å². The smallest absolute Gasteiger partial charge is 0.411 e. The minimum atomic E-state index is -0.775. The average Bonchev–Trinajstić information content (AvgIpc) is 3.16. The molecule has 1 saturated carbocycles. The fourth-order valence-corrected chi connectivity index (χ4v) is 3.34. The van der Waals surface area contributed by atoms with Crippen LogP contribution < -0.4 is 0 Å². The van der Waals surface area contributed by atoms with E-state index in [1.165, 1.54) is 4.90 Å². The van der Waals surface area contributed by atoms with Gasteiger partial charge in [-0.3, -0.25) is 4.90 Å². The molecule has 1 unspecified atom stereocenters. The number of carbonyl (C=O) groups is 3. The summed E-state index contributed by atoms with van der Waals surface area (Å²) in [5.74, 6) is -0.497. The van der Waals surface area contributed by atoms with Crippen LogP contribution in [0.5, 0.6) is 0 Å². The number of carbonyl (C=O) groups excluding carboxylic acids is 3. The fourth-order valence-electron chi connectivity index (χ4n) is 3.34. The number of aldehydes is 1. The predicted octanol–water partition coefficient (Wildman–Crippen LogP) is 2.70. The zero-order valence-electron chi connectivity index (χ0n) is 14.7. The topological polar surface area (TPSA) is 72.9 Å². The number of esters is 1. The van der Waals surface area contributed by atoms with Gasteiger partial charge < -0.3 is 14.3 Å². The number of ether oxygens (including phenoxy) is 2. The van der Waals surface area contributed by atoms with Gasteiger partial charge in [-0.1, -0.05) is 30.3 Å². The molecular formula is C19H23NO5. The van der Waals surface area contributed by atoms with Crippen LogP contribution in [0.4, 0.5) is 4.79 Å². The Kier molecular flexibility index (Phi) is 4.31. The van der Waals surface area contributed by atoms with E-state index in [1.54, 1.807) is 20.8 Å². The van der Waals surface area contributed by atoms with Crippen LogP contribution in [-0.4, -0.2) is 40.9 Å². The quantitative estimate of drug-likeness (QED) is 0.620. The standard InChI is InChI=1S/C19H23NO5/c1-18(2,3)25-17(23)20-14(9-19(12-21)10-15(19)20)16(22)24-11-13-7-5-4-6-8-13/h4-8,12,14-15H,9-11H2,1-3H3/t14-,15?,19-/m0/s1. The molecule has 1 heterocycles. The summed E-state index contributed by atoms with van der Waals surface area (Å²) in [5.41, 5.74) is -0.419. The van der Waals surface area contributed by atoms with Crippen LogP contribution in [0, 0.1) is 5.41 Å². The Hall–Kier alpha value is -2.37. The normalized spacial score (nSPS) is 27.4. The summed E-state index contributed by atoms with van der Waals surface area (Å²) >= 11 is 0. The van der Waals surface area contributed by atoms with Gasteiger partial charge in [0.25, 0.3) is 0 Å².